The minimum absolute atomic E-state index is 0.478. The van der Waals surface area contributed by atoms with Gasteiger partial charge in [0.2, 0.25) is 0 Å². The van der Waals surface area contributed by atoms with Gasteiger partial charge in [-0.1, -0.05) is 6.07 Å². The minimum Gasteiger partial charge on any atom is -0.497 e. The van der Waals surface area contributed by atoms with Crippen LogP contribution in [0.25, 0.3) is 10.8 Å². The molecule has 5 nitrogen and oxygen atoms in total. The van der Waals surface area contributed by atoms with E-state index in [4.69, 9.17) is 4.74 Å². The van der Waals surface area contributed by atoms with Crippen molar-refractivity contribution in [1.82, 2.24) is 4.98 Å². The molecule has 21 heavy (non-hydrogen) atoms. The number of rotatable bonds is 3. The monoisotopic (exact) mass is 286 g/mol. The summed E-state index contributed by atoms with van der Waals surface area (Å²) in [5, 5.41) is 11.4. The molecule has 110 valence electrons. The van der Waals surface area contributed by atoms with E-state index in [0.717, 1.165) is 22.3 Å². The van der Waals surface area contributed by atoms with Crippen molar-refractivity contribution in [3.05, 3.63) is 30.5 Å². The molecule has 1 unspecified atom stereocenters. The van der Waals surface area contributed by atoms with E-state index in [2.05, 4.69) is 9.88 Å². The molecule has 1 fully saturated rings. The normalized spacial score (nSPS) is 21.7. The second-order valence-electron chi connectivity index (χ2n) is 5.76. The van der Waals surface area contributed by atoms with Crippen LogP contribution >= 0.6 is 0 Å². The maximum Gasteiger partial charge on any atom is 0.311 e. The third-order valence-electron chi connectivity index (χ3n) is 4.24. The van der Waals surface area contributed by atoms with E-state index in [1.165, 1.54) is 0 Å². The summed E-state index contributed by atoms with van der Waals surface area (Å²) in [6.07, 6.45) is 2.39. The first kappa shape index (κ1) is 13.7. The number of nitrogens with zero attached hydrogens (tertiary/aromatic N) is 2. The van der Waals surface area contributed by atoms with Gasteiger partial charge in [-0.25, -0.2) is 4.98 Å². The maximum absolute atomic E-state index is 11.4. The predicted octanol–water partition coefficient (Wildman–Crippen LogP) is 2.54. The standard InChI is InChI=1S/C16H18N2O3/c1-16(15(19)20)6-8-18(10-16)14-13-9-12(21-2)4-3-11(13)5-7-17-14/h3-5,7,9H,6,8,10H2,1-2H3,(H,19,20). The molecule has 0 bridgehead atoms. The zero-order valence-corrected chi connectivity index (χ0v) is 12.2. The molecule has 5 heteroatoms. The molecule has 2 heterocycles. The first-order chi connectivity index (χ1) is 10.0. The van der Waals surface area contributed by atoms with E-state index in [-0.39, 0.29) is 0 Å². The molecule has 1 saturated heterocycles. The molecule has 1 aliphatic heterocycles. The van der Waals surface area contributed by atoms with Crippen LogP contribution in [0.15, 0.2) is 30.5 Å². The third kappa shape index (κ3) is 2.28. The number of methoxy groups -OCH3 is 1. The fourth-order valence-corrected chi connectivity index (χ4v) is 2.83. The van der Waals surface area contributed by atoms with Crippen LogP contribution in [0.5, 0.6) is 5.75 Å². The summed E-state index contributed by atoms with van der Waals surface area (Å²) in [6.45, 7) is 2.97. The van der Waals surface area contributed by atoms with Crippen LogP contribution in [-0.2, 0) is 4.79 Å². The Morgan fingerprint density at radius 3 is 2.90 bits per heavy atom. The molecule has 0 aliphatic carbocycles. The molecule has 0 amide bonds. The van der Waals surface area contributed by atoms with Crippen molar-refractivity contribution in [3.63, 3.8) is 0 Å². The number of aromatic nitrogens is 1. The van der Waals surface area contributed by atoms with Crippen molar-refractivity contribution in [2.75, 3.05) is 25.1 Å². The lowest BCUT2D eigenvalue weighted by molar-refractivity contribution is -0.146. The number of hydrogen-bond donors (Lipinski definition) is 1. The van der Waals surface area contributed by atoms with Crippen molar-refractivity contribution in [3.8, 4) is 5.75 Å². The van der Waals surface area contributed by atoms with Gasteiger partial charge in [0.05, 0.1) is 12.5 Å². The average Bonchev–Trinajstić information content (AvgIpc) is 2.90. The van der Waals surface area contributed by atoms with Gasteiger partial charge >= 0.3 is 5.97 Å². The highest BCUT2D eigenvalue weighted by molar-refractivity contribution is 5.93. The summed E-state index contributed by atoms with van der Waals surface area (Å²) in [5.74, 6) is 0.858. The number of fused-ring (bicyclic) bond motifs is 1. The van der Waals surface area contributed by atoms with Crippen LogP contribution in [0.1, 0.15) is 13.3 Å². The number of carboxylic acid groups (broad SMARTS) is 1. The Morgan fingerprint density at radius 2 is 2.24 bits per heavy atom. The van der Waals surface area contributed by atoms with Crippen LogP contribution < -0.4 is 9.64 Å². The number of anilines is 1. The number of ether oxygens (including phenoxy) is 1. The van der Waals surface area contributed by atoms with Crippen molar-refractivity contribution in [2.45, 2.75) is 13.3 Å². The summed E-state index contributed by atoms with van der Waals surface area (Å²) in [6, 6.07) is 7.81. The Bertz CT molecular complexity index is 701. The molecule has 1 aromatic carbocycles. The Hall–Kier alpha value is -2.30. The Labute approximate surface area is 123 Å². The first-order valence-electron chi connectivity index (χ1n) is 6.95. The van der Waals surface area contributed by atoms with Gasteiger partial charge in [-0.05, 0) is 36.9 Å². The zero-order valence-electron chi connectivity index (χ0n) is 12.2. The molecule has 0 spiro atoms. The van der Waals surface area contributed by atoms with E-state index in [9.17, 15) is 9.90 Å². The van der Waals surface area contributed by atoms with Gasteiger partial charge in [0.15, 0.2) is 0 Å². The van der Waals surface area contributed by atoms with Gasteiger partial charge in [-0.2, -0.15) is 0 Å². The van der Waals surface area contributed by atoms with E-state index in [1.807, 2.05) is 24.3 Å². The highest BCUT2D eigenvalue weighted by Gasteiger charge is 2.41. The summed E-state index contributed by atoms with van der Waals surface area (Å²) in [5.41, 5.74) is -0.706. The molecule has 1 atom stereocenters. The quantitative estimate of drug-likeness (QED) is 0.939. The summed E-state index contributed by atoms with van der Waals surface area (Å²) in [4.78, 5) is 17.9. The lowest BCUT2D eigenvalue weighted by Crippen LogP contribution is -2.32. The molecule has 2 aromatic rings. The molecule has 1 N–H and O–H groups in total. The van der Waals surface area contributed by atoms with E-state index >= 15 is 0 Å². The number of pyridine rings is 1. The van der Waals surface area contributed by atoms with Crippen LogP contribution in [0, 0.1) is 5.41 Å². The number of aliphatic carboxylic acids is 1. The van der Waals surface area contributed by atoms with Crippen LogP contribution in [0.2, 0.25) is 0 Å². The topological polar surface area (TPSA) is 62.7 Å². The average molecular weight is 286 g/mol. The third-order valence-corrected chi connectivity index (χ3v) is 4.24. The number of carboxylic acids is 1. The Balaban J connectivity index is 2.03. The second kappa shape index (κ2) is 4.91. The van der Waals surface area contributed by atoms with Crippen molar-refractivity contribution in [2.24, 2.45) is 5.41 Å². The van der Waals surface area contributed by atoms with Crippen LogP contribution in [-0.4, -0.2) is 36.3 Å². The molecular weight excluding hydrogens is 268 g/mol. The smallest absolute Gasteiger partial charge is 0.311 e. The Morgan fingerprint density at radius 1 is 1.43 bits per heavy atom. The maximum atomic E-state index is 11.4. The van der Waals surface area contributed by atoms with E-state index in [0.29, 0.717) is 19.5 Å². The largest absolute Gasteiger partial charge is 0.497 e. The van der Waals surface area contributed by atoms with Gasteiger partial charge in [0.1, 0.15) is 11.6 Å². The van der Waals surface area contributed by atoms with Crippen molar-refractivity contribution in [1.29, 1.82) is 0 Å². The highest BCUT2D eigenvalue weighted by Crippen LogP contribution is 2.36. The Kier molecular flexibility index (Phi) is 3.20. The van der Waals surface area contributed by atoms with Gasteiger partial charge < -0.3 is 14.7 Å². The van der Waals surface area contributed by atoms with Gasteiger partial charge in [0, 0.05) is 24.7 Å². The highest BCUT2D eigenvalue weighted by atomic mass is 16.5. The van der Waals surface area contributed by atoms with Gasteiger partial charge in [-0.15, -0.1) is 0 Å². The molecule has 3 rings (SSSR count). The van der Waals surface area contributed by atoms with Gasteiger partial charge in [0.25, 0.3) is 0 Å². The molecule has 0 saturated carbocycles. The fraction of sp³-hybridized carbons (Fsp3) is 0.375. The van der Waals surface area contributed by atoms with E-state index in [1.54, 1.807) is 20.2 Å². The number of hydrogen-bond acceptors (Lipinski definition) is 4. The summed E-state index contributed by atoms with van der Waals surface area (Å²) in [7, 11) is 1.63. The minimum atomic E-state index is -0.747. The number of carbonyl (C=O) groups is 1. The number of benzene rings is 1. The fourth-order valence-electron chi connectivity index (χ4n) is 2.83. The second-order valence-corrected chi connectivity index (χ2v) is 5.76. The summed E-state index contributed by atoms with van der Waals surface area (Å²) >= 11 is 0. The van der Waals surface area contributed by atoms with Gasteiger partial charge in [-0.3, -0.25) is 4.79 Å². The zero-order chi connectivity index (χ0) is 15.0. The van der Waals surface area contributed by atoms with Crippen LogP contribution in [0.4, 0.5) is 5.82 Å². The van der Waals surface area contributed by atoms with Crippen molar-refractivity contribution < 1.29 is 14.6 Å². The van der Waals surface area contributed by atoms with E-state index < -0.39 is 11.4 Å². The molecule has 1 aromatic heterocycles. The van der Waals surface area contributed by atoms with Crippen molar-refractivity contribution >= 4 is 22.6 Å². The lowest BCUT2D eigenvalue weighted by atomic mass is 9.90. The van der Waals surface area contributed by atoms with Crippen LogP contribution in [0.3, 0.4) is 0 Å². The SMILES string of the molecule is COc1ccc2ccnc(N3CCC(C)(C(=O)O)C3)c2c1. The first-order valence-corrected chi connectivity index (χ1v) is 6.95. The molecule has 1 aliphatic rings. The molecular formula is C16H18N2O3. The summed E-state index contributed by atoms with van der Waals surface area (Å²) < 4.78 is 5.28. The predicted molar refractivity (Wildman–Crippen MR) is 80.9 cm³/mol. The molecule has 0 radical (unpaired) electrons. The lowest BCUT2D eigenvalue weighted by Gasteiger charge is -2.22.